The maximum absolute atomic E-state index is 13.6. The first-order valence-electron chi connectivity index (χ1n) is 5.62. The topological polar surface area (TPSA) is 37.8 Å². The highest BCUT2D eigenvalue weighted by Gasteiger charge is 2.10. The van der Waals surface area contributed by atoms with Crippen molar-refractivity contribution in [3.63, 3.8) is 0 Å². The molecule has 19 heavy (non-hydrogen) atoms. The second-order valence-corrected chi connectivity index (χ2v) is 5.45. The van der Waals surface area contributed by atoms with E-state index in [1.165, 1.54) is 6.07 Å². The Balaban J connectivity index is 2.44. The van der Waals surface area contributed by atoms with E-state index in [-0.39, 0.29) is 5.82 Å². The van der Waals surface area contributed by atoms with E-state index in [2.05, 4.69) is 31.2 Å². The van der Waals surface area contributed by atoms with E-state index in [1.54, 1.807) is 13.0 Å². The van der Waals surface area contributed by atoms with Gasteiger partial charge < -0.3 is 5.32 Å². The van der Waals surface area contributed by atoms with Crippen LogP contribution in [0.4, 0.5) is 15.9 Å². The van der Waals surface area contributed by atoms with Crippen LogP contribution in [0, 0.1) is 26.6 Å². The molecule has 0 saturated heterocycles. The maximum Gasteiger partial charge on any atom is 0.139 e. The summed E-state index contributed by atoms with van der Waals surface area (Å²) in [4.78, 5) is 8.34. The highest BCUT2D eigenvalue weighted by Crippen LogP contribution is 2.28. The van der Waals surface area contributed by atoms with Gasteiger partial charge in [-0.15, -0.1) is 0 Å². The number of rotatable bonds is 2. The van der Waals surface area contributed by atoms with Gasteiger partial charge in [0.2, 0.25) is 0 Å². The Bertz CT molecular complexity index is 646. The van der Waals surface area contributed by atoms with Crippen LogP contribution in [0.5, 0.6) is 0 Å². The van der Waals surface area contributed by atoms with Gasteiger partial charge in [0.05, 0.1) is 4.47 Å². The molecule has 0 amide bonds. The Labute approximate surface area is 124 Å². The number of aryl methyl sites for hydroxylation is 2. The second kappa shape index (κ2) is 5.43. The van der Waals surface area contributed by atoms with Crippen molar-refractivity contribution >= 4 is 39.0 Å². The van der Waals surface area contributed by atoms with E-state index in [0.717, 1.165) is 11.1 Å². The lowest BCUT2D eigenvalue weighted by atomic mass is 10.2. The lowest BCUT2D eigenvalue weighted by molar-refractivity contribution is 0.621. The number of hydrogen-bond donors (Lipinski definition) is 1. The van der Waals surface area contributed by atoms with Crippen molar-refractivity contribution in [3.8, 4) is 0 Å². The Kier molecular flexibility index (Phi) is 4.06. The minimum absolute atomic E-state index is 0.331. The quantitative estimate of drug-likeness (QED) is 0.802. The molecule has 1 aromatic heterocycles. The van der Waals surface area contributed by atoms with Gasteiger partial charge in [-0.1, -0.05) is 11.6 Å². The highest BCUT2D eigenvalue weighted by atomic mass is 79.9. The lowest BCUT2D eigenvalue weighted by Crippen LogP contribution is -2.02. The average Bonchev–Trinajstić information content (AvgIpc) is 2.32. The van der Waals surface area contributed by atoms with Crippen molar-refractivity contribution in [2.45, 2.75) is 20.8 Å². The highest BCUT2D eigenvalue weighted by molar-refractivity contribution is 9.10. The van der Waals surface area contributed by atoms with Crippen LogP contribution in [0.1, 0.15) is 17.0 Å². The van der Waals surface area contributed by atoms with E-state index in [0.29, 0.717) is 27.0 Å². The molecular formula is C13H12BrClFN3. The summed E-state index contributed by atoms with van der Waals surface area (Å²) in [5.41, 5.74) is 2.29. The molecule has 100 valence electrons. The monoisotopic (exact) mass is 343 g/mol. The first kappa shape index (κ1) is 14.2. The Hall–Kier alpha value is -1.20. The molecule has 0 saturated carbocycles. The van der Waals surface area contributed by atoms with Gasteiger partial charge in [-0.3, -0.25) is 0 Å². The summed E-state index contributed by atoms with van der Waals surface area (Å²) in [5, 5.41) is 3.49. The fraction of sp³-hybridized carbons (Fsp3) is 0.231. The normalized spacial score (nSPS) is 10.6. The largest absolute Gasteiger partial charge is 0.340 e. The third-order valence-electron chi connectivity index (χ3n) is 2.72. The number of aromatic nitrogens is 2. The van der Waals surface area contributed by atoms with Crippen molar-refractivity contribution in [1.29, 1.82) is 0 Å². The Morgan fingerprint density at radius 1 is 1.21 bits per heavy atom. The standard InChI is InChI=1S/C13H12BrClFN3/c1-6-4-9(14)10(16)5-11(6)19-13-7(2)12(15)17-8(3)18-13/h4-5H,1-3H3,(H,17,18,19). The van der Waals surface area contributed by atoms with E-state index < -0.39 is 0 Å². The fourth-order valence-electron chi connectivity index (χ4n) is 1.62. The number of anilines is 2. The third kappa shape index (κ3) is 3.04. The minimum Gasteiger partial charge on any atom is -0.340 e. The molecule has 0 bridgehead atoms. The first-order valence-corrected chi connectivity index (χ1v) is 6.79. The summed E-state index contributed by atoms with van der Waals surface area (Å²) in [6.45, 7) is 5.46. The van der Waals surface area contributed by atoms with Crippen molar-refractivity contribution in [2.75, 3.05) is 5.32 Å². The van der Waals surface area contributed by atoms with Crippen molar-refractivity contribution in [1.82, 2.24) is 9.97 Å². The summed E-state index contributed by atoms with van der Waals surface area (Å²) < 4.78 is 14.0. The smallest absolute Gasteiger partial charge is 0.139 e. The van der Waals surface area contributed by atoms with Gasteiger partial charge in [0, 0.05) is 11.3 Å². The van der Waals surface area contributed by atoms with Crippen LogP contribution in [0.25, 0.3) is 0 Å². The molecule has 0 aliphatic rings. The minimum atomic E-state index is -0.331. The van der Waals surface area contributed by atoms with Crippen molar-refractivity contribution in [2.24, 2.45) is 0 Å². The number of halogens is 3. The molecule has 0 fully saturated rings. The zero-order valence-electron chi connectivity index (χ0n) is 10.7. The van der Waals surface area contributed by atoms with E-state index in [1.807, 2.05) is 13.8 Å². The summed E-state index contributed by atoms with van der Waals surface area (Å²) in [6, 6.07) is 3.13. The van der Waals surface area contributed by atoms with E-state index in [9.17, 15) is 4.39 Å². The zero-order chi connectivity index (χ0) is 14.2. The zero-order valence-corrected chi connectivity index (χ0v) is 13.0. The van der Waals surface area contributed by atoms with Crippen LogP contribution in [0.2, 0.25) is 5.15 Å². The molecule has 3 nitrogen and oxygen atoms in total. The van der Waals surface area contributed by atoms with Gasteiger partial charge >= 0.3 is 0 Å². The van der Waals surface area contributed by atoms with Crippen LogP contribution in [0.3, 0.4) is 0 Å². The van der Waals surface area contributed by atoms with Crippen molar-refractivity contribution in [3.05, 3.63) is 44.5 Å². The Morgan fingerprint density at radius 2 is 1.89 bits per heavy atom. The van der Waals surface area contributed by atoms with Gasteiger partial charge in [-0.25, -0.2) is 14.4 Å². The molecule has 0 radical (unpaired) electrons. The van der Waals surface area contributed by atoms with Crippen LogP contribution >= 0.6 is 27.5 Å². The predicted molar refractivity (Wildman–Crippen MR) is 78.6 cm³/mol. The molecule has 0 aliphatic carbocycles. The fourth-order valence-corrected chi connectivity index (χ4v) is 2.29. The van der Waals surface area contributed by atoms with Gasteiger partial charge in [-0.05, 0) is 54.4 Å². The molecule has 1 aromatic carbocycles. The summed E-state index contributed by atoms with van der Waals surface area (Å²) >= 11 is 9.16. The number of nitrogens with one attached hydrogen (secondary N) is 1. The van der Waals surface area contributed by atoms with Crippen LogP contribution in [0.15, 0.2) is 16.6 Å². The molecule has 0 unspecified atom stereocenters. The molecule has 1 N–H and O–H groups in total. The van der Waals surface area contributed by atoms with Gasteiger partial charge in [-0.2, -0.15) is 0 Å². The maximum atomic E-state index is 13.6. The summed E-state index contributed by atoms with van der Waals surface area (Å²) in [7, 11) is 0. The lowest BCUT2D eigenvalue weighted by Gasteiger charge is -2.13. The van der Waals surface area contributed by atoms with Gasteiger partial charge in [0.25, 0.3) is 0 Å². The van der Waals surface area contributed by atoms with E-state index >= 15 is 0 Å². The predicted octanol–water partition coefficient (Wildman–Crippen LogP) is 4.70. The third-order valence-corrected chi connectivity index (χ3v) is 3.69. The molecule has 0 spiro atoms. The number of hydrogen-bond acceptors (Lipinski definition) is 3. The molecular weight excluding hydrogens is 333 g/mol. The van der Waals surface area contributed by atoms with Gasteiger partial charge in [0.1, 0.15) is 22.6 Å². The molecule has 0 aliphatic heterocycles. The molecule has 6 heteroatoms. The number of nitrogens with zero attached hydrogens (tertiary/aromatic N) is 2. The molecule has 2 rings (SSSR count). The van der Waals surface area contributed by atoms with E-state index in [4.69, 9.17) is 11.6 Å². The van der Waals surface area contributed by atoms with Crippen LogP contribution in [-0.4, -0.2) is 9.97 Å². The second-order valence-electron chi connectivity index (χ2n) is 4.24. The van der Waals surface area contributed by atoms with Crippen LogP contribution in [-0.2, 0) is 0 Å². The first-order chi connectivity index (χ1) is 8.88. The van der Waals surface area contributed by atoms with Crippen LogP contribution < -0.4 is 5.32 Å². The van der Waals surface area contributed by atoms with Crippen molar-refractivity contribution < 1.29 is 4.39 Å². The summed E-state index contributed by atoms with van der Waals surface area (Å²) in [5.74, 6) is 0.818. The number of benzene rings is 1. The molecule has 1 heterocycles. The van der Waals surface area contributed by atoms with Gasteiger partial charge in [0.15, 0.2) is 0 Å². The average molecular weight is 345 g/mol. The molecule has 0 atom stereocenters. The summed E-state index contributed by atoms with van der Waals surface area (Å²) in [6.07, 6.45) is 0. The SMILES string of the molecule is Cc1nc(Cl)c(C)c(Nc2cc(F)c(Br)cc2C)n1. The molecule has 2 aromatic rings. The Morgan fingerprint density at radius 3 is 2.58 bits per heavy atom.